The number of rotatable bonds is 2. The molecule has 0 saturated carbocycles. The molecule has 0 radical (unpaired) electrons. The van der Waals surface area contributed by atoms with E-state index in [4.69, 9.17) is 16.3 Å². The summed E-state index contributed by atoms with van der Waals surface area (Å²) in [7, 11) is 0. The molecule has 0 spiro atoms. The van der Waals surface area contributed by atoms with E-state index in [1.807, 2.05) is 31.2 Å². The summed E-state index contributed by atoms with van der Waals surface area (Å²) in [6.45, 7) is 1.93. The summed E-state index contributed by atoms with van der Waals surface area (Å²) in [6.07, 6.45) is -0.0531. The molecule has 26 heavy (non-hydrogen) atoms. The molecule has 1 atom stereocenters. The third-order valence-corrected chi connectivity index (χ3v) is 5.09. The Balaban J connectivity index is 1.87. The van der Waals surface area contributed by atoms with Gasteiger partial charge in [-0.05, 0) is 31.2 Å². The number of hydrogen-bond donors (Lipinski definition) is 0. The van der Waals surface area contributed by atoms with Crippen molar-refractivity contribution >= 4 is 29.2 Å². The number of esters is 1. The largest absolute Gasteiger partial charge is 0.456 e. The summed E-state index contributed by atoms with van der Waals surface area (Å²) in [5.74, 6) is -2.04. The predicted octanol–water partition coefficient (Wildman–Crippen LogP) is 4.12. The number of nitrogens with zero attached hydrogens (tertiary/aromatic N) is 1. The van der Waals surface area contributed by atoms with Gasteiger partial charge in [0.15, 0.2) is 0 Å². The quantitative estimate of drug-likeness (QED) is 0.746. The normalized spacial score (nSPS) is 19.7. The first-order valence-electron chi connectivity index (χ1n) is 8.21. The van der Waals surface area contributed by atoms with Crippen LogP contribution in [0.2, 0.25) is 5.02 Å². The van der Waals surface area contributed by atoms with Gasteiger partial charge >= 0.3 is 5.97 Å². The van der Waals surface area contributed by atoms with Crippen LogP contribution in [0.5, 0.6) is 0 Å². The zero-order chi connectivity index (χ0) is 18.4. The van der Waals surface area contributed by atoms with Gasteiger partial charge in [0.05, 0.1) is 11.3 Å². The lowest BCUT2D eigenvalue weighted by atomic mass is 9.83. The molecular formula is C20H15ClFNO3. The van der Waals surface area contributed by atoms with Crippen molar-refractivity contribution in [1.29, 1.82) is 0 Å². The molecule has 2 aliphatic rings. The van der Waals surface area contributed by atoms with Crippen LogP contribution in [0.3, 0.4) is 0 Å². The molecule has 0 aliphatic carbocycles. The number of ether oxygens (including phenoxy) is 1. The highest BCUT2D eigenvalue weighted by Gasteiger charge is 2.44. The Morgan fingerprint density at radius 3 is 2.58 bits per heavy atom. The Morgan fingerprint density at radius 1 is 1.15 bits per heavy atom. The van der Waals surface area contributed by atoms with Crippen LogP contribution in [-0.2, 0) is 14.3 Å². The third-order valence-electron chi connectivity index (χ3n) is 4.76. The van der Waals surface area contributed by atoms with Crippen molar-refractivity contribution < 1.29 is 18.7 Å². The summed E-state index contributed by atoms with van der Waals surface area (Å²) in [5, 5.41) is 0.193. The van der Waals surface area contributed by atoms with E-state index in [0.29, 0.717) is 17.0 Å². The Bertz CT molecular complexity index is 932. The second-order valence-electron chi connectivity index (χ2n) is 6.39. The molecule has 2 aliphatic heterocycles. The van der Waals surface area contributed by atoms with E-state index in [9.17, 15) is 14.0 Å². The average Bonchev–Trinajstić information content (AvgIpc) is 2.98. The van der Waals surface area contributed by atoms with Crippen LogP contribution in [0, 0.1) is 12.7 Å². The highest BCUT2D eigenvalue weighted by molar-refractivity contribution is 6.31. The summed E-state index contributed by atoms with van der Waals surface area (Å²) >= 11 is 6.18. The number of carbonyl (C=O) groups excluding carboxylic acids is 2. The van der Waals surface area contributed by atoms with Crippen LogP contribution in [0.25, 0.3) is 0 Å². The maximum absolute atomic E-state index is 14.4. The molecule has 0 N–H and O–H groups in total. The van der Waals surface area contributed by atoms with Crippen LogP contribution in [0.1, 0.15) is 23.5 Å². The first-order valence-corrected chi connectivity index (χ1v) is 8.59. The van der Waals surface area contributed by atoms with Gasteiger partial charge in [-0.25, -0.2) is 9.18 Å². The fraction of sp³-hybridized carbons (Fsp3) is 0.200. The monoisotopic (exact) mass is 371 g/mol. The number of benzene rings is 2. The zero-order valence-corrected chi connectivity index (χ0v) is 14.7. The Hall–Kier alpha value is -2.66. The Kier molecular flexibility index (Phi) is 4.04. The van der Waals surface area contributed by atoms with Gasteiger partial charge in [0.25, 0.3) is 0 Å². The highest BCUT2D eigenvalue weighted by Crippen LogP contribution is 2.44. The minimum Gasteiger partial charge on any atom is -0.456 e. The van der Waals surface area contributed by atoms with Crippen molar-refractivity contribution in [3.8, 4) is 0 Å². The molecule has 2 heterocycles. The summed E-state index contributed by atoms with van der Waals surface area (Å²) in [5.41, 5.74) is 2.64. The number of amides is 1. The van der Waals surface area contributed by atoms with Crippen molar-refractivity contribution in [2.24, 2.45) is 0 Å². The van der Waals surface area contributed by atoms with E-state index in [0.717, 1.165) is 5.56 Å². The van der Waals surface area contributed by atoms with Crippen LogP contribution in [0.15, 0.2) is 53.7 Å². The molecule has 0 saturated heterocycles. The number of hydrogen-bond acceptors (Lipinski definition) is 3. The van der Waals surface area contributed by atoms with Gasteiger partial charge in [-0.1, -0.05) is 35.4 Å². The van der Waals surface area contributed by atoms with E-state index in [1.54, 1.807) is 6.07 Å². The molecule has 0 fully saturated rings. The van der Waals surface area contributed by atoms with Gasteiger partial charge in [-0.15, -0.1) is 0 Å². The van der Waals surface area contributed by atoms with E-state index in [2.05, 4.69) is 0 Å². The van der Waals surface area contributed by atoms with Crippen molar-refractivity contribution in [3.63, 3.8) is 0 Å². The molecule has 2 aromatic carbocycles. The topological polar surface area (TPSA) is 46.6 Å². The van der Waals surface area contributed by atoms with Crippen LogP contribution in [0.4, 0.5) is 10.1 Å². The van der Waals surface area contributed by atoms with Crippen LogP contribution >= 0.6 is 11.6 Å². The lowest BCUT2D eigenvalue weighted by molar-refractivity contribution is -0.136. The van der Waals surface area contributed by atoms with Crippen molar-refractivity contribution in [1.82, 2.24) is 0 Å². The van der Waals surface area contributed by atoms with E-state index >= 15 is 0 Å². The molecular weight excluding hydrogens is 357 g/mol. The number of aryl methyl sites for hydroxylation is 1. The van der Waals surface area contributed by atoms with E-state index in [-0.39, 0.29) is 29.5 Å². The first kappa shape index (κ1) is 16.8. The second kappa shape index (κ2) is 6.25. The molecule has 4 nitrogen and oxygen atoms in total. The van der Waals surface area contributed by atoms with Crippen LogP contribution in [-0.4, -0.2) is 18.5 Å². The molecule has 2 aromatic rings. The van der Waals surface area contributed by atoms with Gasteiger partial charge in [0.2, 0.25) is 5.91 Å². The SMILES string of the molecule is Cc1ccc(N2C(=O)CC(c3c(F)cccc3Cl)C3=C2COC3=O)cc1. The summed E-state index contributed by atoms with van der Waals surface area (Å²) < 4.78 is 19.6. The average molecular weight is 372 g/mol. The zero-order valence-electron chi connectivity index (χ0n) is 14.0. The minimum absolute atomic E-state index is 0.0175. The summed E-state index contributed by atoms with van der Waals surface area (Å²) in [4.78, 5) is 26.8. The molecule has 0 aromatic heterocycles. The molecule has 1 amide bonds. The van der Waals surface area contributed by atoms with E-state index in [1.165, 1.54) is 17.0 Å². The Labute approximate surface area is 154 Å². The predicted molar refractivity (Wildman–Crippen MR) is 95.4 cm³/mol. The summed E-state index contributed by atoms with van der Waals surface area (Å²) in [6, 6.07) is 11.7. The smallest absolute Gasteiger partial charge is 0.336 e. The molecule has 0 bridgehead atoms. The fourth-order valence-corrected chi connectivity index (χ4v) is 3.83. The lowest BCUT2D eigenvalue weighted by Crippen LogP contribution is -2.37. The highest BCUT2D eigenvalue weighted by atomic mass is 35.5. The lowest BCUT2D eigenvalue weighted by Gasteiger charge is -2.32. The second-order valence-corrected chi connectivity index (χ2v) is 6.80. The van der Waals surface area contributed by atoms with Crippen molar-refractivity contribution in [3.05, 3.63) is 75.7 Å². The van der Waals surface area contributed by atoms with Gasteiger partial charge in [0.1, 0.15) is 12.4 Å². The van der Waals surface area contributed by atoms with Crippen molar-refractivity contribution in [2.45, 2.75) is 19.3 Å². The molecule has 4 rings (SSSR count). The van der Waals surface area contributed by atoms with Gasteiger partial charge in [-0.3, -0.25) is 9.69 Å². The van der Waals surface area contributed by atoms with Crippen LogP contribution < -0.4 is 4.90 Å². The number of carbonyl (C=O) groups is 2. The first-order chi connectivity index (χ1) is 12.5. The van der Waals surface area contributed by atoms with Crippen molar-refractivity contribution in [2.75, 3.05) is 11.5 Å². The maximum Gasteiger partial charge on any atom is 0.336 e. The fourth-order valence-electron chi connectivity index (χ4n) is 3.54. The molecule has 6 heteroatoms. The number of anilines is 1. The van der Waals surface area contributed by atoms with Gasteiger partial charge in [0, 0.05) is 28.6 Å². The molecule has 132 valence electrons. The Morgan fingerprint density at radius 2 is 1.88 bits per heavy atom. The van der Waals surface area contributed by atoms with E-state index < -0.39 is 17.7 Å². The number of halogens is 2. The van der Waals surface area contributed by atoms with Gasteiger partial charge in [-0.2, -0.15) is 0 Å². The minimum atomic E-state index is -0.747. The number of cyclic esters (lactones) is 1. The molecule has 1 unspecified atom stereocenters. The standard InChI is InChI=1S/C20H15ClFNO3/c1-11-5-7-12(8-6-11)23-16-10-26-20(25)19(16)13(9-17(23)24)18-14(21)3-2-4-15(18)22/h2-8,13H,9-10H2,1H3. The van der Waals surface area contributed by atoms with Gasteiger partial charge < -0.3 is 4.74 Å². The maximum atomic E-state index is 14.4. The third kappa shape index (κ3) is 2.59.